The Morgan fingerprint density at radius 1 is 1.33 bits per heavy atom. The minimum Gasteiger partial charge on any atom is -0.357 e. The molecule has 1 heterocycles. The standard InChI is InChI=1S/C12H12BrClN4/c1-7-6-16-12(15-2)18-11(7)17-9-5-3-4-8(14)10(9)13/h3-6H,1-2H3,(H2,15,16,17,18). The van der Waals surface area contributed by atoms with Crippen molar-refractivity contribution in [3.05, 3.63) is 39.5 Å². The van der Waals surface area contributed by atoms with Crippen LogP contribution in [-0.2, 0) is 0 Å². The zero-order valence-corrected chi connectivity index (χ0v) is 12.3. The van der Waals surface area contributed by atoms with Crippen LogP contribution in [0.5, 0.6) is 0 Å². The van der Waals surface area contributed by atoms with E-state index < -0.39 is 0 Å². The van der Waals surface area contributed by atoms with Crippen molar-refractivity contribution in [3.63, 3.8) is 0 Å². The molecule has 0 fully saturated rings. The Morgan fingerprint density at radius 2 is 2.11 bits per heavy atom. The molecule has 0 saturated carbocycles. The van der Waals surface area contributed by atoms with Crippen molar-refractivity contribution < 1.29 is 0 Å². The van der Waals surface area contributed by atoms with Crippen molar-refractivity contribution in [2.24, 2.45) is 0 Å². The van der Waals surface area contributed by atoms with Crippen molar-refractivity contribution in [1.82, 2.24) is 9.97 Å². The molecule has 0 radical (unpaired) electrons. The molecule has 0 aliphatic rings. The molecular weight excluding hydrogens is 316 g/mol. The zero-order chi connectivity index (χ0) is 13.1. The first kappa shape index (κ1) is 13.1. The SMILES string of the molecule is CNc1ncc(C)c(Nc2cccc(Cl)c2Br)n1. The van der Waals surface area contributed by atoms with Crippen LogP contribution in [0.25, 0.3) is 0 Å². The lowest BCUT2D eigenvalue weighted by Gasteiger charge is -2.11. The fourth-order valence-corrected chi connectivity index (χ4v) is 1.95. The van der Waals surface area contributed by atoms with E-state index in [1.165, 1.54) is 0 Å². The van der Waals surface area contributed by atoms with Gasteiger partial charge in [0.1, 0.15) is 5.82 Å². The van der Waals surface area contributed by atoms with Crippen LogP contribution < -0.4 is 10.6 Å². The second-order valence-electron chi connectivity index (χ2n) is 3.70. The van der Waals surface area contributed by atoms with Gasteiger partial charge in [0.15, 0.2) is 0 Å². The van der Waals surface area contributed by atoms with Crippen molar-refractivity contribution in [3.8, 4) is 0 Å². The van der Waals surface area contributed by atoms with Crippen molar-refractivity contribution in [2.45, 2.75) is 6.92 Å². The molecule has 0 saturated heterocycles. The highest BCUT2D eigenvalue weighted by Crippen LogP contribution is 2.32. The molecule has 4 nitrogen and oxygen atoms in total. The lowest BCUT2D eigenvalue weighted by atomic mass is 10.3. The number of nitrogens with one attached hydrogen (secondary N) is 2. The molecule has 2 aromatic rings. The summed E-state index contributed by atoms with van der Waals surface area (Å²) in [5, 5.41) is 6.79. The number of hydrogen-bond acceptors (Lipinski definition) is 4. The largest absolute Gasteiger partial charge is 0.357 e. The number of hydrogen-bond donors (Lipinski definition) is 2. The highest BCUT2D eigenvalue weighted by Gasteiger charge is 2.07. The molecule has 18 heavy (non-hydrogen) atoms. The second-order valence-corrected chi connectivity index (χ2v) is 4.90. The van der Waals surface area contributed by atoms with E-state index in [2.05, 4.69) is 36.5 Å². The molecule has 1 aromatic carbocycles. The summed E-state index contributed by atoms with van der Waals surface area (Å²) in [6, 6.07) is 5.63. The average molecular weight is 328 g/mol. The summed E-state index contributed by atoms with van der Waals surface area (Å²) in [6.07, 6.45) is 1.76. The third-order valence-electron chi connectivity index (χ3n) is 2.40. The van der Waals surface area contributed by atoms with E-state index in [-0.39, 0.29) is 0 Å². The molecule has 1 aromatic heterocycles. The summed E-state index contributed by atoms with van der Waals surface area (Å²) < 4.78 is 0.815. The van der Waals surface area contributed by atoms with Gasteiger partial charge in [-0.15, -0.1) is 0 Å². The van der Waals surface area contributed by atoms with Gasteiger partial charge in [-0.1, -0.05) is 17.7 Å². The van der Waals surface area contributed by atoms with Crippen LogP contribution in [0.3, 0.4) is 0 Å². The lowest BCUT2D eigenvalue weighted by molar-refractivity contribution is 1.12. The second kappa shape index (κ2) is 5.54. The topological polar surface area (TPSA) is 49.8 Å². The first-order valence-electron chi connectivity index (χ1n) is 5.34. The van der Waals surface area contributed by atoms with Crippen LogP contribution in [0.2, 0.25) is 5.02 Å². The fraction of sp³-hybridized carbons (Fsp3) is 0.167. The summed E-state index contributed by atoms with van der Waals surface area (Å²) in [6.45, 7) is 1.94. The van der Waals surface area contributed by atoms with Crippen LogP contribution in [0.1, 0.15) is 5.56 Å². The molecular formula is C12H12BrClN4. The van der Waals surface area contributed by atoms with Gasteiger partial charge in [0.05, 0.1) is 15.2 Å². The zero-order valence-electron chi connectivity index (χ0n) is 9.96. The molecule has 0 aliphatic heterocycles. The third-order valence-corrected chi connectivity index (χ3v) is 3.80. The predicted molar refractivity (Wildman–Crippen MR) is 78.8 cm³/mol. The highest BCUT2D eigenvalue weighted by molar-refractivity contribution is 9.10. The van der Waals surface area contributed by atoms with E-state index in [1.807, 2.05) is 25.1 Å². The molecule has 0 atom stereocenters. The maximum Gasteiger partial charge on any atom is 0.224 e. The molecule has 2 N–H and O–H groups in total. The summed E-state index contributed by atoms with van der Waals surface area (Å²) in [5.74, 6) is 1.32. The summed E-state index contributed by atoms with van der Waals surface area (Å²) >= 11 is 9.49. The Kier molecular flexibility index (Phi) is 4.04. The first-order chi connectivity index (χ1) is 8.61. The van der Waals surface area contributed by atoms with Crippen LogP contribution >= 0.6 is 27.5 Å². The molecule has 0 aliphatic carbocycles. The molecule has 2 rings (SSSR count). The van der Waals surface area contributed by atoms with E-state index >= 15 is 0 Å². The normalized spacial score (nSPS) is 10.2. The van der Waals surface area contributed by atoms with Crippen molar-refractivity contribution in [1.29, 1.82) is 0 Å². The van der Waals surface area contributed by atoms with Gasteiger partial charge in [-0.25, -0.2) is 4.98 Å². The Balaban J connectivity index is 2.36. The molecule has 0 spiro atoms. The van der Waals surface area contributed by atoms with E-state index in [9.17, 15) is 0 Å². The van der Waals surface area contributed by atoms with Crippen molar-refractivity contribution >= 4 is 45.0 Å². The number of benzene rings is 1. The van der Waals surface area contributed by atoms with Crippen LogP contribution in [0.4, 0.5) is 17.5 Å². The lowest BCUT2D eigenvalue weighted by Crippen LogP contribution is -2.02. The van der Waals surface area contributed by atoms with Gasteiger partial charge >= 0.3 is 0 Å². The number of anilines is 3. The quantitative estimate of drug-likeness (QED) is 0.895. The first-order valence-corrected chi connectivity index (χ1v) is 6.51. The maximum atomic E-state index is 6.05. The minimum absolute atomic E-state index is 0.571. The summed E-state index contributed by atoms with van der Waals surface area (Å²) in [5.41, 5.74) is 1.83. The van der Waals surface area contributed by atoms with E-state index in [4.69, 9.17) is 11.6 Å². The van der Waals surface area contributed by atoms with Gasteiger partial charge in [0.25, 0.3) is 0 Å². The van der Waals surface area contributed by atoms with Crippen molar-refractivity contribution in [2.75, 3.05) is 17.7 Å². The third kappa shape index (κ3) is 2.73. The number of nitrogens with zero attached hydrogens (tertiary/aromatic N) is 2. The molecule has 0 amide bonds. The van der Waals surface area contributed by atoms with Gasteiger partial charge in [0, 0.05) is 18.8 Å². The Labute approximate surface area is 119 Å². The number of halogens is 2. The predicted octanol–water partition coefficient (Wildman–Crippen LogP) is 3.99. The van der Waals surface area contributed by atoms with Crippen LogP contribution in [0.15, 0.2) is 28.9 Å². The monoisotopic (exact) mass is 326 g/mol. The Hall–Kier alpha value is -1.33. The fourth-order valence-electron chi connectivity index (χ4n) is 1.42. The summed E-state index contributed by atoms with van der Waals surface area (Å²) in [4.78, 5) is 8.50. The minimum atomic E-state index is 0.571. The van der Waals surface area contributed by atoms with E-state index in [0.717, 1.165) is 21.5 Å². The molecule has 94 valence electrons. The smallest absolute Gasteiger partial charge is 0.224 e. The number of aryl methyl sites for hydroxylation is 1. The van der Waals surface area contributed by atoms with Gasteiger partial charge < -0.3 is 10.6 Å². The summed E-state index contributed by atoms with van der Waals surface area (Å²) in [7, 11) is 1.78. The Bertz CT molecular complexity index is 574. The van der Waals surface area contributed by atoms with Crippen LogP contribution in [-0.4, -0.2) is 17.0 Å². The number of rotatable bonds is 3. The molecule has 6 heteroatoms. The van der Waals surface area contributed by atoms with Crippen LogP contribution in [0, 0.1) is 6.92 Å². The van der Waals surface area contributed by atoms with E-state index in [1.54, 1.807) is 13.2 Å². The molecule has 0 unspecified atom stereocenters. The highest BCUT2D eigenvalue weighted by atomic mass is 79.9. The van der Waals surface area contributed by atoms with Gasteiger partial charge in [-0.3, -0.25) is 0 Å². The average Bonchev–Trinajstić information content (AvgIpc) is 2.37. The van der Waals surface area contributed by atoms with Gasteiger partial charge in [-0.05, 0) is 35.0 Å². The number of aromatic nitrogens is 2. The maximum absolute atomic E-state index is 6.05. The molecule has 0 bridgehead atoms. The van der Waals surface area contributed by atoms with E-state index in [0.29, 0.717) is 11.0 Å². The Morgan fingerprint density at radius 3 is 2.83 bits per heavy atom. The van der Waals surface area contributed by atoms with Gasteiger partial charge in [0.2, 0.25) is 5.95 Å². The van der Waals surface area contributed by atoms with Gasteiger partial charge in [-0.2, -0.15) is 4.98 Å².